The third kappa shape index (κ3) is 2.90. The Morgan fingerprint density at radius 3 is 2.52 bits per heavy atom. The third-order valence-corrected chi connectivity index (χ3v) is 3.81. The maximum atomic E-state index is 4.69. The molecule has 0 bridgehead atoms. The highest BCUT2D eigenvalue weighted by Crippen LogP contribution is 2.27. The molecule has 0 atom stereocenters. The zero-order valence-electron chi connectivity index (χ0n) is 12.0. The second kappa shape index (κ2) is 5.82. The van der Waals surface area contributed by atoms with E-state index in [9.17, 15) is 0 Å². The van der Waals surface area contributed by atoms with Crippen LogP contribution in [-0.2, 0) is 0 Å². The van der Waals surface area contributed by atoms with Gasteiger partial charge in [-0.1, -0.05) is 45.8 Å². The number of aromatic nitrogens is 2. The molecule has 0 aliphatic carbocycles. The van der Waals surface area contributed by atoms with Crippen LogP contribution in [0.4, 0.5) is 5.82 Å². The summed E-state index contributed by atoms with van der Waals surface area (Å²) in [6.07, 6.45) is 0. The molecule has 4 heteroatoms. The van der Waals surface area contributed by atoms with Crippen LogP contribution in [0.15, 0.2) is 46.9 Å². The summed E-state index contributed by atoms with van der Waals surface area (Å²) in [7, 11) is 0. The van der Waals surface area contributed by atoms with Crippen molar-refractivity contribution in [2.75, 3.05) is 11.9 Å². The summed E-state index contributed by atoms with van der Waals surface area (Å²) in [5, 5.41) is 4.36. The number of anilines is 1. The molecular formula is C17H16BrN3. The number of benzene rings is 2. The van der Waals surface area contributed by atoms with E-state index in [0.717, 1.165) is 39.1 Å². The standard InChI is InChI=1S/C17H16BrN3/c1-3-19-17-14-10-13(18)8-9-15(14)20-16(21-17)12-6-4-11(2)5-7-12/h4-10H,3H2,1-2H3,(H,19,20,21). The van der Waals surface area contributed by atoms with Gasteiger partial charge in [0.25, 0.3) is 0 Å². The van der Waals surface area contributed by atoms with Crippen LogP contribution in [0.5, 0.6) is 0 Å². The van der Waals surface area contributed by atoms with E-state index in [1.165, 1.54) is 5.56 Å². The van der Waals surface area contributed by atoms with Gasteiger partial charge in [-0.3, -0.25) is 0 Å². The van der Waals surface area contributed by atoms with Crippen LogP contribution in [0, 0.1) is 6.92 Å². The second-order valence-electron chi connectivity index (χ2n) is 4.95. The maximum absolute atomic E-state index is 4.69. The molecule has 0 saturated heterocycles. The van der Waals surface area contributed by atoms with E-state index in [0.29, 0.717) is 0 Å². The SMILES string of the molecule is CCNc1nc(-c2ccc(C)cc2)nc2ccc(Br)cc12. The largest absolute Gasteiger partial charge is 0.370 e. The van der Waals surface area contributed by atoms with Crippen LogP contribution in [0.1, 0.15) is 12.5 Å². The van der Waals surface area contributed by atoms with E-state index in [1.807, 2.05) is 18.2 Å². The molecular weight excluding hydrogens is 326 g/mol. The van der Waals surface area contributed by atoms with Crippen LogP contribution in [0.2, 0.25) is 0 Å². The molecule has 3 rings (SSSR count). The van der Waals surface area contributed by atoms with Gasteiger partial charge in [-0.05, 0) is 32.0 Å². The highest BCUT2D eigenvalue weighted by atomic mass is 79.9. The van der Waals surface area contributed by atoms with Crippen molar-refractivity contribution in [3.63, 3.8) is 0 Å². The summed E-state index contributed by atoms with van der Waals surface area (Å²) in [6.45, 7) is 4.97. The first-order valence-electron chi connectivity index (χ1n) is 6.95. The van der Waals surface area contributed by atoms with Crippen molar-refractivity contribution in [2.45, 2.75) is 13.8 Å². The van der Waals surface area contributed by atoms with Gasteiger partial charge in [0.1, 0.15) is 5.82 Å². The average Bonchev–Trinajstić information content (AvgIpc) is 2.48. The van der Waals surface area contributed by atoms with Crippen molar-refractivity contribution in [1.82, 2.24) is 9.97 Å². The second-order valence-corrected chi connectivity index (χ2v) is 5.87. The Morgan fingerprint density at radius 2 is 1.81 bits per heavy atom. The molecule has 0 aliphatic rings. The molecule has 0 unspecified atom stereocenters. The number of hydrogen-bond acceptors (Lipinski definition) is 3. The highest BCUT2D eigenvalue weighted by Gasteiger charge is 2.09. The van der Waals surface area contributed by atoms with Crippen molar-refractivity contribution >= 4 is 32.7 Å². The van der Waals surface area contributed by atoms with Crippen molar-refractivity contribution in [3.8, 4) is 11.4 Å². The van der Waals surface area contributed by atoms with E-state index in [4.69, 9.17) is 0 Å². The fraction of sp³-hybridized carbons (Fsp3) is 0.176. The van der Waals surface area contributed by atoms with Crippen LogP contribution < -0.4 is 5.32 Å². The molecule has 1 N–H and O–H groups in total. The minimum absolute atomic E-state index is 0.751. The lowest BCUT2D eigenvalue weighted by Crippen LogP contribution is -2.03. The first-order chi connectivity index (χ1) is 10.2. The van der Waals surface area contributed by atoms with Gasteiger partial charge in [-0.2, -0.15) is 0 Å². The van der Waals surface area contributed by atoms with E-state index in [2.05, 4.69) is 69.3 Å². The number of hydrogen-bond donors (Lipinski definition) is 1. The van der Waals surface area contributed by atoms with Crippen molar-refractivity contribution < 1.29 is 0 Å². The molecule has 1 aromatic heterocycles. The minimum Gasteiger partial charge on any atom is -0.370 e. The highest BCUT2D eigenvalue weighted by molar-refractivity contribution is 9.10. The molecule has 106 valence electrons. The lowest BCUT2D eigenvalue weighted by atomic mass is 10.1. The molecule has 3 nitrogen and oxygen atoms in total. The van der Waals surface area contributed by atoms with Gasteiger partial charge in [0.15, 0.2) is 5.82 Å². The quantitative estimate of drug-likeness (QED) is 0.743. The van der Waals surface area contributed by atoms with E-state index >= 15 is 0 Å². The van der Waals surface area contributed by atoms with Gasteiger partial charge >= 0.3 is 0 Å². The number of nitrogens with one attached hydrogen (secondary N) is 1. The van der Waals surface area contributed by atoms with Gasteiger partial charge in [0.05, 0.1) is 5.52 Å². The number of aryl methyl sites for hydroxylation is 1. The van der Waals surface area contributed by atoms with Crippen molar-refractivity contribution in [2.24, 2.45) is 0 Å². The summed E-state index contributed by atoms with van der Waals surface area (Å²) < 4.78 is 1.03. The topological polar surface area (TPSA) is 37.8 Å². The summed E-state index contributed by atoms with van der Waals surface area (Å²) >= 11 is 3.51. The van der Waals surface area contributed by atoms with E-state index in [1.54, 1.807) is 0 Å². The first kappa shape index (κ1) is 14.0. The summed E-state index contributed by atoms with van der Waals surface area (Å²) in [5.74, 6) is 1.63. The molecule has 0 saturated carbocycles. The maximum Gasteiger partial charge on any atom is 0.162 e. The minimum atomic E-state index is 0.751. The van der Waals surface area contributed by atoms with E-state index < -0.39 is 0 Å². The Bertz CT molecular complexity index is 782. The zero-order valence-corrected chi connectivity index (χ0v) is 13.6. The van der Waals surface area contributed by atoms with Crippen LogP contribution in [-0.4, -0.2) is 16.5 Å². The Labute approximate surface area is 132 Å². The lowest BCUT2D eigenvalue weighted by Gasteiger charge is -2.10. The Balaban J connectivity index is 2.20. The van der Waals surface area contributed by atoms with Gasteiger partial charge in [-0.25, -0.2) is 9.97 Å². The first-order valence-corrected chi connectivity index (χ1v) is 7.75. The smallest absolute Gasteiger partial charge is 0.162 e. The van der Waals surface area contributed by atoms with Gasteiger partial charge in [-0.15, -0.1) is 0 Å². The van der Waals surface area contributed by atoms with Crippen LogP contribution in [0.25, 0.3) is 22.3 Å². The Kier molecular flexibility index (Phi) is 3.88. The van der Waals surface area contributed by atoms with Gasteiger partial charge in [0, 0.05) is 22.0 Å². The summed E-state index contributed by atoms with van der Waals surface area (Å²) in [4.78, 5) is 9.38. The summed E-state index contributed by atoms with van der Waals surface area (Å²) in [5.41, 5.74) is 3.21. The number of fused-ring (bicyclic) bond motifs is 1. The predicted octanol–water partition coefficient (Wildman–Crippen LogP) is 4.80. The van der Waals surface area contributed by atoms with Gasteiger partial charge < -0.3 is 5.32 Å². The fourth-order valence-electron chi connectivity index (χ4n) is 2.23. The lowest BCUT2D eigenvalue weighted by molar-refractivity contribution is 1.14. The predicted molar refractivity (Wildman–Crippen MR) is 91.6 cm³/mol. The molecule has 3 aromatic rings. The van der Waals surface area contributed by atoms with E-state index in [-0.39, 0.29) is 0 Å². The molecule has 0 aliphatic heterocycles. The monoisotopic (exact) mass is 341 g/mol. The number of rotatable bonds is 3. The normalized spacial score (nSPS) is 10.8. The molecule has 21 heavy (non-hydrogen) atoms. The Morgan fingerprint density at radius 1 is 1.05 bits per heavy atom. The van der Waals surface area contributed by atoms with Gasteiger partial charge in [0.2, 0.25) is 0 Å². The molecule has 0 amide bonds. The van der Waals surface area contributed by atoms with Crippen LogP contribution in [0.3, 0.4) is 0 Å². The summed E-state index contributed by atoms with van der Waals surface area (Å²) in [6, 6.07) is 14.3. The molecule has 0 fully saturated rings. The third-order valence-electron chi connectivity index (χ3n) is 3.31. The number of halogens is 1. The Hall–Kier alpha value is -1.94. The fourth-order valence-corrected chi connectivity index (χ4v) is 2.60. The number of nitrogens with zero attached hydrogens (tertiary/aromatic N) is 2. The molecule has 0 spiro atoms. The molecule has 1 heterocycles. The van der Waals surface area contributed by atoms with Crippen molar-refractivity contribution in [3.05, 3.63) is 52.5 Å². The molecule has 0 radical (unpaired) electrons. The average molecular weight is 342 g/mol. The van der Waals surface area contributed by atoms with Crippen molar-refractivity contribution in [1.29, 1.82) is 0 Å². The van der Waals surface area contributed by atoms with Crippen LogP contribution >= 0.6 is 15.9 Å². The molecule has 2 aromatic carbocycles. The zero-order chi connectivity index (χ0) is 14.8.